The molecule has 3 rings (SSSR count). The molecule has 0 aliphatic carbocycles. The molecule has 1 amide bonds. The van der Waals surface area contributed by atoms with Gasteiger partial charge >= 0.3 is 11.9 Å². The number of benzene rings is 1. The van der Waals surface area contributed by atoms with Crippen LogP contribution in [-0.2, 0) is 4.74 Å². The third-order valence-corrected chi connectivity index (χ3v) is 3.19. The highest BCUT2D eigenvalue weighted by Crippen LogP contribution is 2.29. The first-order valence-corrected chi connectivity index (χ1v) is 6.05. The number of rotatable bonds is 2. The van der Waals surface area contributed by atoms with Crippen LogP contribution in [0.2, 0.25) is 0 Å². The van der Waals surface area contributed by atoms with E-state index < -0.39 is 5.82 Å². The number of carbonyl (C=O) groups is 1. The van der Waals surface area contributed by atoms with Crippen LogP contribution in [0.3, 0.4) is 0 Å². The third kappa shape index (κ3) is 1.99. The predicted molar refractivity (Wildman–Crippen MR) is 65.8 cm³/mol. The monoisotopic (exact) mass is 263 g/mol. The highest BCUT2D eigenvalue weighted by molar-refractivity contribution is 5.73. The van der Waals surface area contributed by atoms with E-state index >= 15 is 0 Å². The fraction of sp³-hybridized carbons (Fsp3) is 0.385. The Balaban J connectivity index is 1.92. The largest absolute Gasteiger partial charge is 0.519 e. The Morgan fingerprint density at radius 2 is 1.95 bits per heavy atom. The van der Waals surface area contributed by atoms with E-state index in [-0.39, 0.29) is 18.2 Å². The SMILES string of the molecule is CC(C)N1CC(c2ccc3oc(=O)oc3c2)OC1=O. The van der Waals surface area contributed by atoms with Crippen molar-refractivity contribution in [3.05, 3.63) is 34.4 Å². The molecule has 1 aromatic carbocycles. The van der Waals surface area contributed by atoms with Gasteiger partial charge in [0.1, 0.15) is 6.10 Å². The van der Waals surface area contributed by atoms with Crippen molar-refractivity contribution in [3.8, 4) is 0 Å². The maximum absolute atomic E-state index is 11.7. The minimum atomic E-state index is -0.737. The molecule has 6 nitrogen and oxygen atoms in total. The van der Waals surface area contributed by atoms with E-state index in [4.69, 9.17) is 13.6 Å². The zero-order valence-electron chi connectivity index (χ0n) is 10.6. The standard InChI is InChI=1S/C13H13NO5/c1-7(2)14-6-11(17-12(14)15)8-3-4-9-10(5-8)19-13(16)18-9/h3-5,7,11H,6H2,1-2H3. The lowest BCUT2D eigenvalue weighted by Crippen LogP contribution is -2.31. The molecule has 1 atom stereocenters. The van der Waals surface area contributed by atoms with Gasteiger partial charge in [0.15, 0.2) is 11.2 Å². The first-order valence-electron chi connectivity index (χ1n) is 6.05. The van der Waals surface area contributed by atoms with E-state index in [1.807, 2.05) is 13.8 Å². The first kappa shape index (κ1) is 11.8. The molecule has 1 aliphatic heterocycles. The third-order valence-electron chi connectivity index (χ3n) is 3.19. The number of cyclic esters (lactones) is 1. The topological polar surface area (TPSA) is 72.9 Å². The van der Waals surface area contributed by atoms with Crippen LogP contribution in [0.5, 0.6) is 0 Å². The molecule has 1 aromatic heterocycles. The predicted octanol–water partition coefficient (Wildman–Crippen LogP) is 2.29. The summed E-state index contributed by atoms with van der Waals surface area (Å²) in [4.78, 5) is 24.3. The zero-order valence-corrected chi connectivity index (χ0v) is 10.6. The quantitative estimate of drug-likeness (QED) is 0.831. The molecule has 0 bridgehead atoms. The smallest absolute Gasteiger partial charge is 0.439 e. The molecular formula is C13H13NO5. The van der Waals surface area contributed by atoms with Crippen LogP contribution in [0, 0.1) is 0 Å². The van der Waals surface area contributed by atoms with E-state index in [1.54, 1.807) is 23.1 Å². The molecule has 1 aliphatic rings. The maximum atomic E-state index is 11.7. The van der Waals surface area contributed by atoms with Crippen molar-refractivity contribution in [1.29, 1.82) is 0 Å². The molecular weight excluding hydrogens is 250 g/mol. The summed E-state index contributed by atoms with van der Waals surface area (Å²) in [6.07, 6.45) is -0.673. The van der Waals surface area contributed by atoms with E-state index in [0.717, 1.165) is 5.56 Å². The summed E-state index contributed by atoms with van der Waals surface area (Å²) in [5.74, 6) is -0.737. The van der Waals surface area contributed by atoms with Gasteiger partial charge < -0.3 is 18.5 Å². The van der Waals surface area contributed by atoms with Gasteiger partial charge in [0, 0.05) is 6.04 Å². The summed E-state index contributed by atoms with van der Waals surface area (Å²) in [5, 5.41) is 0. The second-order valence-corrected chi connectivity index (χ2v) is 4.78. The molecule has 1 fully saturated rings. The lowest BCUT2D eigenvalue weighted by molar-refractivity contribution is 0.130. The van der Waals surface area contributed by atoms with Gasteiger partial charge in [0.05, 0.1) is 6.54 Å². The van der Waals surface area contributed by atoms with Crippen molar-refractivity contribution in [2.45, 2.75) is 26.0 Å². The maximum Gasteiger partial charge on any atom is 0.519 e. The van der Waals surface area contributed by atoms with Crippen LogP contribution in [0.25, 0.3) is 11.2 Å². The second-order valence-electron chi connectivity index (χ2n) is 4.78. The van der Waals surface area contributed by atoms with E-state index in [1.165, 1.54) is 0 Å². The van der Waals surface area contributed by atoms with Gasteiger partial charge in [-0.1, -0.05) is 6.07 Å². The molecule has 2 aromatic rings. The molecule has 0 radical (unpaired) electrons. The van der Waals surface area contributed by atoms with Crippen LogP contribution >= 0.6 is 0 Å². The second kappa shape index (κ2) is 4.15. The molecule has 6 heteroatoms. The Labute approximate surface area is 108 Å². The molecule has 100 valence electrons. The lowest BCUT2D eigenvalue weighted by atomic mass is 10.1. The van der Waals surface area contributed by atoms with Crippen molar-refractivity contribution >= 4 is 17.3 Å². The fourth-order valence-electron chi connectivity index (χ4n) is 2.16. The summed E-state index contributed by atoms with van der Waals surface area (Å²) in [5.41, 5.74) is 1.54. The molecule has 0 saturated carbocycles. The van der Waals surface area contributed by atoms with Gasteiger partial charge in [-0.15, -0.1) is 0 Å². The Morgan fingerprint density at radius 3 is 2.63 bits per heavy atom. The van der Waals surface area contributed by atoms with Gasteiger partial charge in [0.2, 0.25) is 0 Å². The molecule has 2 heterocycles. The van der Waals surface area contributed by atoms with Crippen LogP contribution in [0.4, 0.5) is 4.79 Å². The first-order chi connectivity index (χ1) is 9.04. The van der Waals surface area contributed by atoms with Crippen LogP contribution in [0.1, 0.15) is 25.5 Å². The summed E-state index contributed by atoms with van der Waals surface area (Å²) in [6.45, 7) is 4.36. The summed E-state index contributed by atoms with van der Waals surface area (Å²) >= 11 is 0. The van der Waals surface area contributed by atoms with Crippen molar-refractivity contribution < 1.29 is 18.4 Å². The highest BCUT2D eigenvalue weighted by Gasteiger charge is 2.34. The van der Waals surface area contributed by atoms with Gasteiger partial charge in [0.25, 0.3) is 0 Å². The Morgan fingerprint density at radius 1 is 1.21 bits per heavy atom. The van der Waals surface area contributed by atoms with Gasteiger partial charge in [-0.25, -0.2) is 9.59 Å². The molecule has 0 spiro atoms. The summed E-state index contributed by atoms with van der Waals surface area (Å²) in [6, 6.07) is 5.17. The van der Waals surface area contributed by atoms with Crippen molar-refractivity contribution in [2.24, 2.45) is 0 Å². The Hall–Kier alpha value is -2.24. The van der Waals surface area contributed by atoms with Gasteiger partial charge in [-0.3, -0.25) is 0 Å². The Kier molecular flexibility index (Phi) is 2.58. The molecule has 0 N–H and O–H groups in total. The number of hydrogen-bond donors (Lipinski definition) is 0. The minimum Gasteiger partial charge on any atom is -0.439 e. The van der Waals surface area contributed by atoms with Gasteiger partial charge in [-0.2, -0.15) is 0 Å². The van der Waals surface area contributed by atoms with Crippen molar-refractivity contribution in [1.82, 2.24) is 4.90 Å². The highest BCUT2D eigenvalue weighted by atomic mass is 16.6. The molecule has 1 unspecified atom stereocenters. The number of amides is 1. The number of nitrogens with zero attached hydrogens (tertiary/aromatic N) is 1. The molecule has 19 heavy (non-hydrogen) atoms. The average molecular weight is 263 g/mol. The number of ether oxygens (including phenoxy) is 1. The average Bonchev–Trinajstić information content (AvgIpc) is 2.89. The molecule has 1 saturated heterocycles. The van der Waals surface area contributed by atoms with Crippen LogP contribution < -0.4 is 5.82 Å². The minimum absolute atomic E-state index is 0.0908. The zero-order chi connectivity index (χ0) is 13.6. The fourth-order valence-corrected chi connectivity index (χ4v) is 2.16. The van der Waals surface area contributed by atoms with E-state index in [9.17, 15) is 9.59 Å². The number of carbonyl (C=O) groups excluding carboxylic acids is 1. The van der Waals surface area contributed by atoms with Gasteiger partial charge in [-0.05, 0) is 31.5 Å². The number of fused-ring (bicyclic) bond motifs is 1. The van der Waals surface area contributed by atoms with Crippen LogP contribution in [-0.4, -0.2) is 23.6 Å². The van der Waals surface area contributed by atoms with E-state index in [2.05, 4.69) is 0 Å². The summed E-state index contributed by atoms with van der Waals surface area (Å²) < 4.78 is 15.0. The normalized spacial score (nSPS) is 19.4. The van der Waals surface area contributed by atoms with E-state index in [0.29, 0.717) is 17.7 Å². The Bertz CT molecular complexity index is 684. The lowest BCUT2D eigenvalue weighted by Gasteiger charge is -2.16. The van der Waals surface area contributed by atoms with Crippen LogP contribution in [0.15, 0.2) is 31.8 Å². The number of hydrogen-bond acceptors (Lipinski definition) is 5. The van der Waals surface area contributed by atoms with Crippen molar-refractivity contribution in [3.63, 3.8) is 0 Å². The summed E-state index contributed by atoms with van der Waals surface area (Å²) in [7, 11) is 0. The van der Waals surface area contributed by atoms with Crippen molar-refractivity contribution in [2.75, 3.05) is 6.54 Å².